The number of aliphatic hydroxyl groups excluding tert-OH is 1. The first kappa shape index (κ1) is 18.0. The van der Waals surface area contributed by atoms with Gasteiger partial charge in [0.05, 0.1) is 31.9 Å². The molecule has 1 heterocycles. The van der Waals surface area contributed by atoms with Gasteiger partial charge in [-0.1, -0.05) is 37.6 Å². The van der Waals surface area contributed by atoms with Gasteiger partial charge in [-0.05, 0) is 30.0 Å². The first-order valence-corrected chi connectivity index (χ1v) is 8.40. The minimum Gasteiger partial charge on any atom is -0.394 e. The van der Waals surface area contributed by atoms with E-state index in [2.05, 4.69) is 19.2 Å². The Morgan fingerprint density at radius 1 is 1.43 bits per heavy atom. The highest BCUT2D eigenvalue weighted by molar-refractivity contribution is 6.30. The minimum absolute atomic E-state index is 0.0600. The molecule has 2 atom stereocenters. The summed E-state index contributed by atoms with van der Waals surface area (Å²) < 4.78 is 5.39. The van der Waals surface area contributed by atoms with E-state index in [1.807, 2.05) is 24.3 Å². The molecule has 0 saturated carbocycles. The summed E-state index contributed by atoms with van der Waals surface area (Å²) in [4.78, 5) is 14.2. The molecule has 2 amide bonds. The van der Waals surface area contributed by atoms with Crippen molar-refractivity contribution in [2.45, 2.75) is 32.4 Å². The molecule has 0 aliphatic carbocycles. The van der Waals surface area contributed by atoms with Crippen LogP contribution in [-0.2, 0) is 4.74 Å². The Labute approximate surface area is 142 Å². The first-order chi connectivity index (χ1) is 11.0. The number of amides is 2. The Morgan fingerprint density at radius 3 is 2.74 bits per heavy atom. The summed E-state index contributed by atoms with van der Waals surface area (Å²) in [5, 5.41) is 13.0. The van der Waals surface area contributed by atoms with Gasteiger partial charge in [-0.15, -0.1) is 0 Å². The van der Waals surface area contributed by atoms with E-state index in [4.69, 9.17) is 16.3 Å². The number of aliphatic hydroxyl groups is 1. The molecule has 1 aliphatic rings. The highest BCUT2D eigenvalue weighted by Crippen LogP contribution is 2.23. The second kappa shape index (κ2) is 8.52. The predicted octanol–water partition coefficient (Wildman–Crippen LogP) is 2.83. The molecule has 2 rings (SSSR count). The lowest BCUT2D eigenvalue weighted by Crippen LogP contribution is -2.51. The monoisotopic (exact) mass is 340 g/mol. The second-order valence-corrected chi connectivity index (χ2v) is 6.74. The third kappa shape index (κ3) is 5.37. The fraction of sp³-hybridized carbons (Fsp3) is 0.588. The predicted molar refractivity (Wildman–Crippen MR) is 90.6 cm³/mol. The summed E-state index contributed by atoms with van der Waals surface area (Å²) >= 11 is 5.95. The van der Waals surface area contributed by atoms with Crippen LogP contribution in [0.1, 0.15) is 31.9 Å². The molecule has 128 valence electrons. The standard InChI is InChI=1S/C17H25ClN2O3/c1-12(2)9-16(13-3-5-14(18)6-4-13)19-17(22)20-7-8-23-15(10-20)11-21/h3-6,12,15-16,21H,7-11H2,1-2H3,(H,19,22)/t15-,16+/m0/s1. The van der Waals surface area contributed by atoms with Crippen LogP contribution in [0, 0.1) is 5.92 Å². The number of carbonyl (C=O) groups is 1. The number of nitrogens with zero attached hydrogens (tertiary/aromatic N) is 1. The maximum absolute atomic E-state index is 12.5. The molecule has 23 heavy (non-hydrogen) atoms. The fourth-order valence-corrected chi connectivity index (χ4v) is 2.83. The summed E-state index contributed by atoms with van der Waals surface area (Å²) in [7, 11) is 0. The summed E-state index contributed by atoms with van der Waals surface area (Å²) in [6.07, 6.45) is 0.551. The Morgan fingerprint density at radius 2 is 2.13 bits per heavy atom. The highest BCUT2D eigenvalue weighted by Gasteiger charge is 2.26. The van der Waals surface area contributed by atoms with Gasteiger partial charge in [0.1, 0.15) is 0 Å². The Kier molecular flexibility index (Phi) is 6.69. The molecule has 0 unspecified atom stereocenters. The molecule has 0 spiro atoms. The van der Waals surface area contributed by atoms with Gasteiger partial charge in [-0.25, -0.2) is 4.79 Å². The van der Waals surface area contributed by atoms with Crippen molar-refractivity contribution in [3.8, 4) is 0 Å². The Bertz CT molecular complexity index is 507. The highest BCUT2D eigenvalue weighted by atomic mass is 35.5. The quantitative estimate of drug-likeness (QED) is 0.866. The van der Waals surface area contributed by atoms with Crippen molar-refractivity contribution in [1.82, 2.24) is 10.2 Å². The Hall–Kier alpha value is -1.30. The smallest absolute Gasteiger partial charge is 0.318 e. The third-order valence-corrected chi connectivity index (χ3v) is 4.16. The van der Waals surface area contributed by atoms with Gasteiger partial charge < -0.3 is 20.1 Å². The number of morpholine rings is 1. The van der Waals surface area contributed by atoms with E-state index in [-0.39, 0.29) is 24.8 Å². The third-order valence-electron chi connectivity index (χ3n) is 3.91. The maximum atomic E-state index is 12.5. The van der Waals surface area contributed by atoms with E-state index in [0.29, 0.717) is 30.6 Å². The van der Waals surface area contributed by atoms with Crippen molar-refractivity contribution in [3.63, 3.8) is 0 Å². The van der Waals surface area contributed by atoms with Crippen LogP contribution < -0.4 is 5.32 Å². The van der Waals surface area contributed by atoms with Gasteiger partial charge >= 0.3 is 6.03 Å². The zero-order chi connectivity index (χ0) is 16.8. The van der Waals surface area contributed by atoms with Crippen molar-refractivity contribution in [2.75, 3.05) is 26.3 Å². The molecule has 1 saturated heterocycles. The minimum atomic E-state index is -0.298. The van der Waals surface area contributed by atoms with Gasteiger partial charge in [0, 0.05) is 11.6 Å². The van der Waals surface area contributed by atoms with Crippen LogP contribution in [0.15, 0.2) is 24.3 Å². The average molecular weight is 341 g/mol. The van der Waals surface area contributed by atoms with Gasteiger partial charge in [0.15, 0.2) is 0 Å². The number of carbonyl (C=O) groups excluding carboxylic acids is 1. The lowest BCUT2D eigenvalue weighted by Gasteiger charge is -2.33. The summed E-state index contributed by atoms with van der Waals surface area (Å²) in [6.45, 7) is 5.59. The van der Waals surface area contributed by atoms with E-state index < -0.39 is 0 Å². The zero-order valence-electron chi connectivity index (χ0n) is 13.7. The van der Waals surface area contributed by atoms with E-state index in [1.54, 1.807) is 4.90 Å². The number of ether oxygens (including phenoxy) is 1. The lowest BCUT2D eigenvalue weighted by atomic mass is 9.97. The normalized spacial score (nSPS) is 19.7. The van der Waals surface area contributed by atoms with Crippen molar-refractivity contribution >= 4 is 17.6 Å². The van der Waals surface area contributed by atoms with E-state index in [9.17, 15) is 9.90 Å². The summed E-state index contributed by atoms with van der Waals surface area (Å²) in [5.41, 5.74) is 1.04. The maximum Gasteiger partial charge on any atom is 0.318 e. The molecule has 1 aromatic carbocycles. The SMILES string of the molecule is CC(C)C[C@@H](NC(=O)N1CCO[C@H](CO)C1)c1ccc(Cl)cc1. The van der Waals surface area contributed by atoms with Crippen molar-refractivity contribution in [2.24, 2.45) is 5.92 Å². The van der Waals surface area contributed by atoms with Crippen molar-refractivity contribution in [3.05, 3.63) is 34.9 Å². The number of nitrogens with one attached hydrogen (secondary N) is 1. The molecule has 0 bridgehead atoms. The zero-order valence-corrected chi connectivity index (χ0v) is 14.4. The van der Waals surface area contributed by atoms with Gasteiger partial charge in [-0.2, -0.15) is 0 Å². The lowest BCUT2D eigenvalue weighted by molar-refractivity contribution is -0.0405. The van der Waals surface area contributed by atoms with Crippen LogP contribution in [0.2, 0.25) is 5.02 Å². The van der Waals surface area contributed by atoms with E-state index >= 15 is 0 Å². The number of hydrogen-bond donors (Lipinski definition) is 2. The molecular formula is C17H25ClN2O3. The van der Waals surface area contributed by atoms with Crippen molar-refractivity contribution in [1.29, 1.82) is 0 Å². The van der Waals surface area contributed by atoms with Crippen LogP contribution in [0.4, 0.5) is 4.79 Å². The average Bonchev–Trinajstić information content (AvgIpc) is 2.54. The number of benzene rings is 1. The second-order valence-electron chi connectivity index (χ2n) is 6.30. The molecule has 0 radical (unpaired) electrons. The van der Waals surface area contributed by atoms with Gasteiger partial charge in [0.2, 0.25) is 0 Å². The Balaban J connectivity index is 2.04. The van der Waals surface area contributed by atoms with Crippen LogP contribution in [0.5, 0.6) is 0 Å². The largest absolute Gasteiger partial charge is 0.394 e. The number of hydrogen-bond acceptors (Lipinski definition) is 3. The molecule has 1 fully saturated rings. The van der Waals surface area contributed by atoms with Gasteiger partial charge in [-0.3, -0.25) is 0 Å². The van der Waals surface area contributed by atoms with Gasteiger partial charge in [0.25, 0.3) is 0 Å². The molecule has 5 nitrogen and oxygen atoms in total. The number of urea groups is 1. The van der Waals surface area contributed by atoms with Crippen LogP contribution >= 0.6 is 11.6 Å². The van der Waals surface area contributed by atoms with Crippen LogP contribution in [0.3, 0.4) is 0 Å². The molecule has 2 N–H and O–H groups in total. The van der Waals surface area contributed by atoms with E-state index in [1.165, 1.54) is 0 Å². The van der Waals surface area contributed by atoms with Crippen LogP contribution in [-0.4, -0.2) is 48.4 Å². The molecule has 0 aromatic heterocycles. The van der Waals surface area contributed by atoms with Crippen LogP contribution in [0.25, 0.3) is 0 Å². The number of halogens is 1. The molecule has 1 aromatic rings. The fourth-order valence-electron chi connectivity index (χ4n) is 2.70. The molecular weight excluding hydrogens is 316 g/mol. The summed E-state index contributed by atoms with van der Waals surface area (Å²) in [6, 6.07) is 7.40. The van der Waals surface area contributed by atoms with Crippen molar-refractivity contribution < 1.29 is 14.6 Å². The summed E-state index contributed by atoms with van der Waals surface area (Å²) in [5.74, 6) is 0.450. The number of rotatable bonds is 5. The molecule has 6 heteroatoms. The topological polar surface area (TPSA) is 61.8 Å². The van der Waals surface area contributed by atoms with E-state index in [0.717, 1.165) is 12.0 Å². The molecule has 1 aliphatic heterocycles. The first-order valence-electron chi connectivity index (χ1n) is 8.03.